The predicted molar refractivity (Wildman–Crippen MR) is 76.5 cm³/mol. The maximum absolute atomic E-state index is 5.97. The zero-order chi connectivity index (χ0) is 13.8. The van der Waals surface area contributed by atoms with E-state index in [0.29, 0.717) is 11.6 Å². The molecule has 2 aromatic rings. The molecule has 1 heterocycles. The SMILES string of the molecule is C[C@@H](N)c1cc(Cl)ccc1OCCc1cnn(C)c1. The Morgan fingerprint density at radius 1 is 1.47 bits per heavy atom. The topological polar surface area (TPSA) is 53.1 Å². The van der Waals surface area contributed by atoms with Crippen LogP contribution in [0.4, 0.5) is 0 Å². The molecule has 0 radical (unpaired) electrons. The molecule has 0 unspecified atom stereocenters. The molecule has 0 aliphatic carbocycles. The minimum Gasteiger partial charge on any atom is -0.493 e. The minimum atomic E-state index is -0.105. The van der Waals surface area contributed by atoms with Crippen molar-refractivity contribution in [1.29, 1.82) is 0 Å². The maximum atomic E-state index is 5.97. The smallest absolute Gasteiger partial charge is 0.124 e. The molecule has 0 amide bonds. The summed E-state index contributed by atoms with van der Waals surface area (Å²) in [6.45, 7) is 2.51. The summed E-state index contributed by atoms with van der Waals surface area (Å²) < 4.78 is 7.57. The lowest BCUT2D eigenvalue weighted by Crippen LogP contribution is -2.09. The van der Waals surface area contributed by atoms with E-state index in [0.717, 1.165) is 23.3 Å². The number of nitrogens with two attached hydrogens (primary N) is 1. The molecule has 0 aliphatic heterocycles. The molecule has 0 bridgehead atoms. The number of nitrogens with zero attached hydrogens (tertiary/aromatic N) is 2. The van der Waals surface area contributed by atoms with Gasteiger partial charge in [-0.15, -0.1) is 0 Å². The molecule has 5 heteroatoms. The van der Waals surface area contributed by atoms with Crippen LogP contribution in [-0.2, 0) is 13.5 Å². The summed E-state index contributed by atoms with van der Waals surface area (Å²) in [6.07, 6.45) is 4.64. The fourth-order valence-corrected chi connectivity index (χ4v) is 2.07. The van der Waals surface area contributed by atoms with E-state index in [9.17, 15) is 0 Å². The molecule has 2 rings (SSSR count). The molecular weight excluding hydrogens is 262 g/mol. The van der Waals surface area contributed by atoms with E-state index in [1.54, 1.807) is 4.68 Å². The fourth-order valence-electron chi connectivity index (χ4n) is 1.89. The standard InChI is InChI=1S/C14H18ClN3O/c1-10(16)13-7-12(15)3-4-14(13)19-6-5-11-8-17-18(2)9-11/h3-4,7-10H,5-6,16H2,1-2H3/t10-/m1/s1. The van der Waals surface area contributed by atoms with Gasteiger partial charge in [-0.25, -0.2) is 0 Å². The van der Waals surface area contributed by atoms with Crippen LogP contribution in [0.5, 0.6) is 5.75 Å². The van der Waals surface area contributed by atoms with Gasteiger partial charge in [0.05, 0.1) is 12.8 Å². The highest BCUT2D eigenvalue weighted by Crippen LogP contribution is 2.27. The molecule has 1 aromatic carbocycles. The third-order valence-corrected chi connectivity index (χ3v) is 3.10. The molecule has 1 aromatic heterocycles. The Morgan fingerprint density at radius 3 is 2.89 bits per heavy atom. The summed E-state index contributed by atoms with van der Waals surface area (Å²) >= 11 is 5.97. The van der Waals surface area contributed by atoms with Crippen LogP contribution >= 0.6 is 11.6 Å². The number of rotatable bonds is 5. The predicted octanol–water partition coefficient (Wildman–Crippen LogP) is 2.71. The molecule has 0 spiro atoms. The van der Waals surface area contributed by atoms with Crippen molar-refractivity contribution in [2.45, 2.75) is 19.4 Å². The first-order valence-electron chi connectivity index (χ1n) is 6.21. The Kier molecular flexibility index (Phi) is 4.45. The van der Waals surface area contributed by atoms with Gasteiger partial charge in [-0.05, 0) is 30.7 Å². The lowest BCUT2D eigenvalue weighted by Gasteiger charge is -2.14. The molecule has 4 nitrogen and oxygen atoms in total. The number of hydrogen-bond acceptors (Lipinski definition) is 3. The quantitative estimate of drug-likeness (QED) is 0.916. The minimum absolute atomic E-state index is 0.105. The third kappa shape index (κ3) is 3.72. The van der Waals surface area contributed by atoms with Crippen molar-refractivity contribution in [2.75, 3.05) is 6.61 Å². The van der Waals surface area contributed by atoms with Crippen LogP contribution in [0.15, 0.2) is 30.6 Å². The summed E-state index contributed by atoms with van der Waals surface area (Å²) in [5, 5.41) is 4.80. The molecule has 0 fully saturated rings. The number of benzene rings is 1. The second-order valence-corrected chi connectivity index (χ2v) is 5.03. The summed E-state index contributed by atoms with van der Waals surface area (Å²) in [5.41, 5.74) is 8.00. The molecule has 0 aliphatic rings. The number of aryl methyl sites for hydroxylation is 1. The van der Waals surface area contributed by atoms with Crippen molar-refractivity contribution in [1.82, 2.24) is 9.78 Å². The maximum Gasteiger partial charge on any atom is 0.124 e. The van der Waals surface area contributed by atoms with Crippen molar-refractivity contribution < 1.29 is 4.74 Å². The average Bonchev–Trinajstić information content (AvgIpc) is 2.77. The molecule has 102 valence electrons. The van der Waals surface area contributed by atoms with Crippen LogP contribution in [0, 0.1) is 0 Å². The van der Waals surface area contributed by atoms with Gasteiger partial charge in [0.1, 0.15) is 5.75 Å². The van der Waals surface area contributed by atoms with Crippen LogP contribution in [0.25, 0.3) is 0 Å². The van der Waals surface area contributed by atoms with Gasteiger partial charge in [-0.1, -0.05) is 11.6 Å². The first-order valence-corrected chi connectivity index (χ1v) is 6.59. The van der Waals surface area contributed by atoms with Crippen molar-refractivity contribution in [3.8, 4) is 5.75 Å². The van der Waals surface area contributed by atoms with E-state index in [4.69, 9.17) is 22.1 Å². The van der Waals surface area contributed by atoms with Gasteiger partial charge in [0.25, 0.3) is 0 Å². The van der Waals surface area contributed by atoms with E-state index in [1.165, 1.54) is 0 Å². The van der Waals surface area contributed by atoms with Crippen molar-refractivity contribution in [3.63, 3.8) is 0 Å². The van der Waals surface area contributed by atoms with Crippen LogP contribution in [0.1, 0.15) is 24.1 Å². The van der Waals surface area contributed by atoms with E-state index < -0.39 is 0 Å². The molecule has 19 heavy (non-hydrogen) atoms. The highest BCUT2D eigenvalue weighted by molar-refractivity contribution is 6.30. The Labute approximate surface area is 118 Å². The highest BCUT2D eigenvalue weighted by Gasteiger charge is 2.09. The summed E-state index contributed by atoms with van der Waals surface area (Å²) in [4.78, 5) is 0. The Hall–Kier alpha value is -1.52. The summed E-state index contributed by atoms with van der Waals surface area (Å²) in [7, 11) is 1.90. The van der Waals surface area contributed by atoms with Crippen LogP contribution in [0.2, 0.25) is 5.02 Å². The normalized spacial score (nSPS) is 12.4. The van der Waals surface area contributed by atoms with Gasteiger partial charge >= 0.3 is 0 Å². The van der Waals surface area contributed by atoms with Crippen LogP contribution in [0.3, 0.4) is 0 Å². The lowest BCUT2D eigenvalue weighted by molar-refractivity contribution is 0.317. The van der Waals surface area contributed by atoms with E-state index in [2.05, 4.69) is 5.10 Å². The van der Waals surface area contributed by atoms with Gasteiger partial charge in [-0.2, -0.15) is 5.10 Å². The van der Waals surface area contributed by atoms with Gasteiger partial charge in [0.15, 0.2) is 0 Å². The van der Waals surface area contributed by atoms with Gasteiger partial charge in [0.2, 0.25) is 0 Å². The van der Waals surface area contributed by atoms with E-state index >= 15 is 0 Å². The first kappa shape index (κ1) is 13.9. The summed E-state index contributed by atoms with van der Waals surface area (Å²) in [6, 6.07) is 5.43. The lowest BCUT2D eigenvalue weighted by atomic mass is 10.1. The molecular formula is C14H18ClN3O. The van der Waals surface area contributed by atoms with E-state index in [-0.39, 0.29) is 6.04 Å². The molecule has 1 atom stereocenters. The second kappa shape index (κ2) is 6.08. The monoisotopic (exact) mass is 279 g/mol. The number of halogens is 1. The first-order chi connectivity index (χ1) is 9.06. The number of aromatic nitrogens is 2. The molecule has 0 saturated heterocycles. The zero-order valence-corrected chi connectivity index (χ0v) is 11.9. The average molecular weight is 280 g/mol. The Morgan fingerprint density at radius 2 is 2.26 bits per heavy atom. The van der Waals surface area contributed by atoms with Crippen LogP contribution < -0.4 is 10.5 Å². The summed E-state index contributed by atoms with van der Waals surface area (Å²) in [5.74, 6) is 0.795. The van der Waals surface area contributed by atoms with Gasteiger partial charge < -0.3 is 10.5 Å². The van der Waals surface area contributed by atoms with Crippen molar-refractivity contribution >= 4 is 11.6 Å². The van der Waals surface area contributed by atoms with Crippen molar-refractivity contribution in [2.24, 2.45) is 12.8 Å². The fraction of sp³-hybridized carbons (Fsp3) is 0.357. The number of ether oxygens (including phenoxy) is 1. The third-order valence-electron chi connectivity index (χ3n) is 2.87. The largest absolute Gasteiger partial charge is 0.493 e. The zero-order valence-electron chi connectivity index (χ0n) is 11.1. The molecule has 0 saturated carbocycles. The van der Waals surface area contributed by atoms with Gasteiger partial charge in [-0.3, -0.25) is 4.68 Å². The molecule has 2 N–H and O–H groups in total. The van der Waals surface area contributed by atoms with Crippen LogP contribution in [-0.4, -0.2) is 16.4 Å². The number of hydrogen-bond donors (Lipinski definition) is 1. The van der Waals surface area contributed by atoms with Crippen molar-refractivity contribution in [3.05, 3.63) is 46.7 Å². The second-order valence-electron chi connectivity index (χ2n) is 4.59. The van der Waals surface area contributed by atoms with E-state index in [1.807, 2.05) is 44.6 Å². The Balaban J connectivity index is 1.99. The highest BCUT2D eigenvalue weighted by atomic mass is 35.5. The Bertz CT molecular complexity index is 551. The van der Waals surface area contributed by atoms with Gasteiger partial charge in [0, 0.05) is 36.3 Å².